The second-order valence-corrected chi connectivity index (χ2v) is 7.70. The lowest BCUT2D eigenvalue weighted by atomic mass is 9.43. The Morgan fingerprint density at radius 2 is 2.05 bits per heavy atom. The Kier molecular flexibility index (Phi) is 3.97. The molecule has 0 aromatic heterocycles. The average Bonchev–Trinajstić information content (AvgIpc) is 2.78. The Labute approximate surface area is 127 Å². The Morgan fingerprint density at radius 3 is 2.76 bits per heavy atom. The molecule has 4 rings (SSSR count). The van der Waals surface area contributed by atoms with E-state index in [4.69, 9.17) is 14.8 Å². The molecule has 6 heteroatoms. The monoisotopic (exact) mass is 291 g/mol. The van der Waals surface area contributed by atoms with Crippen molar-refractivity contribution >= 4 is 7.12 Å². The summed E-state index contributed by atoms with van der Waals surface area (Å²) in [5.41, 5.74) is 8.57. The summed E-state index contributed by atoms with van der Waals surface area (Å²) in [6.45, 7) is 7.64. The average molecular weight is 291 g/mol. The van der Waals surface area contributed by atoms with Crippen LogP contribution in [0.25, 0.3) is 10.4 Å². The van der Waals surface area contributed by atoms with Crippen LogP contribution in [0.2, 0.25) is 6.32 Å². The topological polar surface area (TPSA) is 67.2 Å². The first-order chi connectivity index (χ1) is 9.98. The normalized spacial score (nSPS) is 39.4. The molecule has 21 heavy (non-hydrogen) atoms. The molecule has 0 spiro atoms. The van der Waals surface area contributed by atoms with Crippen molar-refractivity contribution in [1.29, 1.82) is 0 Å². The number of hydrogen-bond donors (Lipinski definition) is 0. The maximum Gasteiger partial charge on any atom is 0.457 e. The van der Waals surface area contributed by atoms with Crippen molar-refractivity contribution in [2.75, 3.05) is 6.54 Å². The molecule has 1 heterocycles. The van der Waals surface area contributed by atoms with E-state index < -0.39 is 0 Å². The minimum absolute atomic E-state index is 0.0328. The SMILES string of the molecule is CC1(C)[C@@H]2C[C@H]3OB(CCCCCN=[N+]=[N-])O[C@@]3(C)[C@H]1C2. The molecular formula is C15H26BN3O2. The minimum atomic E-state index is -0.0754. The highest BCUT2D eigenvalue weighted by Gasteiger charge is 2.67. The van der Waals surface area contributed by atoms with Crippen LogP contribution in [0.1, 0.15) is 52.9 Å². The van der Waals surface area contributed by atoms with Crippen LogP contribution in [0.4, 0.5) is 0 Å². The molecule has 0 N–H and O–H groups in total. The van der Waals surface area contributed by atoms with Gasteiger partial charge in [-0.15, -0.1) is 0 Å². The van der Waals surface area contributed by atoms with Gasteiger partial charge in [-0.25, -0.2) is 0 Å². The molecular weight excluding hydrogens is 265 g/mol. The van der Waals surface area contributed by atoms with Crippen LogP contribution in [-0.4, -0.2) is 25.4 Å². The second kappa shape index (κ2) is 5.49. The zero-order valence-corrected chi connectivity index (χ0v) is 13.4. The number of azide groups is 1. The van der Waals surface area contributed by atoms with Crippen molar-refractivity contribution in [2.45, 2.75) is 70.9 Å². The molecule has 0 aromatic rings. The first kappa shape index (κ1) is 15.2. The van der Waals surface area contributed by atoms with E-state index in [9.17, 15) is 0 Å². The van der Waals surface area contributed by atoms with Gasteiger partial charge in [0.1, 0.15) is 0 Å². The van der Waals surface area contributed by atoms with E-state index in [2.05, 4.69) is 30.8 Å². The summed E-state index contributed by atoms with van der Waals surface area (Å²) in [5, 5.41) is 3.56. The highest BCUT2D eigenvalue weighted by molar-refractivity contribution is 6.45. The van der Waals surface area contributed by atoms with Crippen molar-refractivity contribution in [3.05, 3.63) is 10.4 Å². The van der Waals surface area contributed by atoms with Crippen LogP contribution in [0.15, 0.2) is 5.11 Å². The Morgan fingerprint density at radius 1 is 1.24 bits per heavy atom. The summed E-state index contributed by atoms with van der Waals surface area (Å²) in [6.07, 6.45) is 6.82. The standard InChI is InChI=1S/C15H26BN3O2/c1-14(2)11-9-12(14)15(3)13(10-11)20-16(21-15)7-5-4-6-8-18-19-17/h11-13H,4-10H2,1-3H3/t11-,12-,13+,15-/m0/s1. The molecule has 4 atom stereocenters. The minimum Gasteiger partial charge on any atom is -0.405 e. The van der Waals surface area contributed by atoms with Gasteiger partial charge in [-0.3, -0.25) is 0 Å². The maximum absolute atomic E-state index is 8.23. The summed E-state index contributed by atoms with van der Waals surface area (Å²) in [6, 6.07) is 0. The Balaban J connectivity index is 1.48. The third-order valence-corrected chi connectivity index (χ3v) is 6.26. The van der Waals surface area contributed by atoms with Crippen LogP contribution in [-0.2, 0) is 9.31 Å². The maximum atomic E-state index is 8.23. The predicted octanol–water partition coefficient (Wildman–Crippen LogP) is 4.20. The lowest BCUT2D eigenvalue weighted by molar-refractivity contribution is -0.199. The smallest absolute Gasteiger partial charge is 0.405 e. The molecule has 0 radical (unpaired) electrons. The largest absolute Gasteiger partial charge is 0.457 e. The van der Waals surface area contributed by atoms with Gasteiger partial charge in [-0.2, -0.15) is 0 Å². The zero-order valence-electron chi connectivity index (χ0n) is 13.4. The van der Waals surface area contributed by atoms with Crippen LogP contribution in [0, 0.1) is 17.3 Å². The molecule has 2 bridgehead atoms. The summed E-state index contributed by atoms with van der Waals surface area (Å²) in [5.74, 6) is 1.45. The van der Waals surface area contributed by atoms with E-state index >= 15 is 0 Å². The van der Waals surface area contributed by atoms with Gasteiger partial charge >= 0.3 is 7.12 Å². The van der Waals surface area contributed by atoms with Gasteiger partial charge in [0.2, 0.25) is 0 Å². The van der Waals surface area contributed by atoms with E-state index in [0.29, 0.717) is 24.0 Å². The molecule has 5 nitrogen and oxygen atoms in total. The van der Waals surface area contributed by atoms with Crippen LogP contribution < -0.4 is 0 Å². The molecule has 0 aromatic carbocycles. The van der Waals surface area contributed by atoms with Gasteiger partial charge in [-0.1, -0.05) is 31.8 Å². The highest BCUT2D eigenvalue weighted by Crippen LogP contribution is 2.65. The van der Waals surface area contributed by atoms with Gasteiger partial charge < -0.3 is 9.31 Å². The lowest BCUT2D eigenvalue weighted by Gasteiger charge is -2.64. The summed E-state index contributed by atoms with van der Waals surface area (Å²) in [7, 11) is -0.0328. The summed E-state index contributed by atoms with van der Waals surface area (Å²) < 4.78 is 12.5. The molecule has 116 valence electrons. The predicted molar refractivity (Wildman–Crippen MR) is 82.8 cm³/mol. The molecule has 3 saturated carbocycles. The third kappa shape index (κ3) is 2.47. The van der Waals surface area contributed by atoms with Gasteiger partial charge in [0.25, 0.3) is 0 Å². The molecule has 0 amide bonds. The molecule has 4 fully saturated rings. The van der Waals surface area contributed by atoms with E-state index in [1.165, 1.54) is 6.42 Å². The molecule has 1 saturated heterocycles. The van der Waals surface area contributed by atoms with Crippen molar-refractivity contribution in [3.8, 4) is 0 Å². The molecule has 4 aliphatic rings. The quantitative estimate of drug-likeness (QED) is 0.242. The fraction of sp³-hybridized carbons (Fsp3) is 1.00. The number of unbranched alkanes of at least 4 members (excludes halogenated alkanes) is 2. The van der Waals surface area contributed by atoms with Crippen LogP contribution in [0.5, 0.6) is 0 Å². The number of rotatable bonds is 6. The lowest BCUT2D eigenvalue weighted by Crippen LogP contribution is -2.65. The second-order valence-electron chi connectivity index (χ2n) is 7.70. The molecule has 3 aliphatic carbocycles. The van der Waals surface area contributed by atoms with Gasteiger partial charge in [0.15, 0.2) is 0 Å². The number of hydrogen-bond acceptors (Lipinski definition) is 3. The van der Waals surface area contributed by atoms with Crippen LogP contribution >= 0.6 is 0 Å². The van der Waals surface area contributed by atoms with Gasteiger partial charge in [0.05, 0.1) is 11.7 Å². The molecule has 0 unspecified atom stereocenters. The van der Waals surface area contributed by atoms with E-state index in [0.717, 1.165) is 37.9 Å². The van der Waals surface area contributed by atoms with Gasteiger partial charge in [-0.05, 0) is 55.3 Å². The third-order valence-electron chi connectivity index (χ3n) is 6.26. The summed E-state index contributed by atoms with van der Waals surface area (Å²) in [4.78, 5) is 2.77. The fourth-order valence-electron chi connectivity index (χ4n) is 4.79. The van der Waals surface area contributed by atoms with Crippen molar-refractivity contribution < 1.29 is 9.31 Å². The van der Waals surface area contributed by atoms with E-state index in [1.807, 2.05) is 0 Å². The zero-order chi connectivity index (χ0) is 15.1. The summed E-state index contributed by atoms with van der Waals surface area (Å²) >= 11 is 0. The van der Waals surface area contributed by atoms with Crippen LogP contribution in [0.3, 0.4) is 0 Å². The Hall–Kier alpha value is -0.705. The van der Waals surface area contributed by atoms with Crippen molar-refractivity contribution in [2.24, 2.45) is 22.4 Å². The highest BCUT2D eigenvalue weighted by atomic mass is 16.7. The Bertz CT molecular complexity index is 452. The fourth-order valence-corrected chi connectivity index (χ4v) is 4.79. The number of nitrogens with zero attached hydrogens (tertiary/aromatic N) is 3. The van der Waals surface area contributed by atoms with E-state index in [-0.39, 0.29) is 12.7 Å². The first-order valence-electron chi connectivity index (χ1n) is 8.32. The van der Waals surface area contributed by atoms with Gasteiger partial charge in [0, 0.05) is 11.5 Å². The molecule has 1 aliphatic heterocycles. The van der Waals surface area contributed by atoms with E-state index in [1.54, 1.807) is 0 Å². The van der Waals surface area contributed by atoms with Crippen molar-refractivity contribution in [3.63, 3.8) is 0 Å². The first-order valence-corrected chi connectivity index (χ1v) is 8.32. The van der Waals surface area contributed by atoms with Crippen molar-refractivity contribution in [1.82, 2.24) is 0 Å².